The quantitative estimate of drug-likeness (QED) is 0.407. The summed E-state index contributed by atoms with van der Waals surface area (Å²) in [6, 6.07) is 1.76. The third-order valence-electron chi connectivity index (χ3n) is 2.43. The standard InChI is InChI=1S/C10H16N8O/c1-2-7(19)6-12-8-14-9(17-11)16-10(15-8)18-5-3-4-13-18/h3-5,7,19H,2,6,11H2,1H3,(H2,12,14,15,16,17). The van der Waals surface area contributed by atoms with Crippen LogP contribution in [0.2, 0.25) is 0 Å². The van der Waals surface area contributed by atoms with Crippen LogP contribution in [0.15, 0.2) is 18.5 Å². The summed E-state index contributed by atoms with van der Waals surface area (Å²) in [6.07, 6.45) is 3.51. The highest BCUT2D eigenvalue weighted by Gasteiger charge is 2.08. The lowest BCUT2D eigenvalue weighted by molar-refractivity contribution is 0.183. The minimum absolute atomic E-state index is 0.217. The number of hydrogen-bond acceptors (Lipinski definition) is 8. The van der Waals surface area contributed by atoms with E-state index in [2.05, 4.69) is 30.8 Å². The number of aromatic nitrogens is 5. The molecule has 19 heavy (non-hydrogen) atoms. The molecule has 102 valence electrons. The van der Waals surface area contributed by atoms with E-state index >= 15 is 0 Å². The molecule has 0 aliphatic carbocycles. The molecule has 2 rings (SSSR count). The monoisotopic (exact) mass is 264 g/mol. The predicted molar refractivity (Wildman–Crippen MR) is 69.5 cm³/mol. The van der Waals surface area contributed by atoms with Gasteiger partial charge in [-0.25, -0.2) is 10.5 Å². The van der Waals surface area contributed by atoms with Crippen molar-refractivity contribution in [1.82, 2.24) is 24.7 Å². The minimum atomic E-state index is -0.459. The zero-order valence-corrected chi connectivity index (χ0v) is 10.5. The van der Waals surface area contributed by atoms with Gasteiger partial charge in [0.25, 0.3) is 5.95 Å². The van der Waals surface area contributed by atoms with Gasteiger partial charge in [0.05, 0.1) is 6.10 Å². The molecule has 0 aliphatic rings. The highest BCUT2D eigenvalue weighted by atomic mass is 16.3. The molecule has 1 unspecified atom stereocenters. The van der Waals surface area contributed by atoms with Crippen molar-refractivity contribution in [3.05, 3.63) is 18.5 Å². The van der Waals surface area contributed by atoms with Crippen LogP contribution in [0.3, 0.4) is 0 Å². The first-order valence-corrected chi connectivity index (χ1v) is 5.87. The predicted octanol–water partition coefficient (Wildman–Crippen LogP) is -0.474. The maximum absolute atomic E-state index is 9.51. The summed E-state index contributed by atoms with van der Waals surface area (Å²) in [5.74, 6) is 6.19. The molecule has 0 radical (unpaired) electrons. The van der Waals surface area contributed by atoms with Gasteiger partial charge in [-0.15, -0.1) is 0 Å². The van der Waals surface area contributed by atoms with Crippen LogP contribution in [0.5, 0.6) is 0 Å². The van der Waals surface area contributed by atoms with Crippen LogP contribution in [-0.4, -0.2) is 42.5 Å². The second-order valence-corrected chi connectivity index (χ2v) is 3.82. The maximum atomic E-state index is 9.51. The first-order valence-electron chi connectivity index (χ1n) is 5.87. The Balaban J connectivity index is 2.21. The molecule has 0 saturated heterocycles. The highest BCUT2D eigenvalue weighted by Crippen LogP contribution is 2.08. The number of aliphatic hydroxyl groups is 1. The second-order valence-electron chi connectivity index (χ2n) is 3.82. The number of rotatable bonds is 6. The van der Waals surface area contributed by atoms with Crippen LogP contribution >= 0.6 is 0 Å². The van der Waals surface area contributed by atoms with Crippen LogP contribution < -0.4 is 16.6 Å². The summed E-state index contributed by atoms with van der Waals surface area (Å²) in [7, 11) is 0. The number of aliphatic hydroxyl groups excluding tert-OH is 1. The average Bonchev–Trinajstić information content (AvgIpc) is 2.98. The van der Waals surface area contributed by atoms with Crippen molar-refractivity contribution in [1.29, 1.82) is 0 Å². The van der Waals surface area contributed by atoms with Gasteiger partial charge in [-0.3, -0.25) is 5.43 Å². The molecule has 5 N–H and O–H groups in total. The van der Waals surface area contributed by atoms with Crippen molar-refractivity contribution in [2.45, 2.75) is 19.4 Å². The first-order chi connectivity index (χ1) is 9.22. The molecule has 2 heterocycles. The van der Waals surface area contributed by atoms with Gasteiger partial charge in [0, 0.05) is 18.9 Å². The number of nitrogens with one attached hydrogen (secondary N) is 2. The van der Waals surface area contributed by atoms with Gasteiger partial charge in [-0.2, -0.15) is 20.1 Å². The Bertz CT molecular complexity index is 514. The molecule has 0 spiro atoms. The largest absolute Gasteiger partial charge is 0.391 e. The minimum Gasteiger partial charge on any atom is -0.391 e. The van der Waals surface area contributed by atoms with Crippen LogP contribution in [0, 0.1) is 0 Å². The fourth-order valence-electron chi connectivity index (χ4n) is 1.35. The molecular formula is C10H16N8O. The van der Waals surface area contributed by atoms with E-state index in [0.717, 1.165) is 0 Å². The fraction of sp³-hybridized carbons (Fsp3) is 0.400. The smallest absolute Gasteiger partial charge is 0.257 e. The van der Waals surface area contributed by atoms with E-state index < -0.39 is 6.10 Å². The Morgan fingerprint density at radius 1 is 1.37 bits per heavy atom. The summed E-state index contributed by atoms with van der Waals surface area (Å²) >= 11 is 0. The van der Waals surface area contributed by atoms with Crippen molar-refractivity contribution >= 4 is 11.9 Å². The highest BCUT2D eigenvalue weighted by molar-refractivity contribution is 5.36. The van der Waals surface area contributed by atoms with E-state index in [1.54, 1.807) is 18.5 Å². The zero-order valence-electron chi connectivity index (χ0n) is 10.5. The van der Waals surface area contributed by atoms with Gasteiger partial charge in [-0.1, -0.05) is 6.92 Å². The normalized spacial score (nSPS) is 12.2. The second kappa shape index (κ2) is 6.07. The maximum Gasteiger partial charge on any atom is 0.257 e. The first kappa shape index (κ1) is 13.2. The third kappa shape index (κ3) is 3.36. The lowest BCUT2D eigenvalue weighted by Crippen LogP contribution is -2.21. The van der Waals surface area contributed by atoms with E-state index in [4.69, 9.17) is 5.84 Å². The van der Waals surface area contributed by atoms with Crippen molar-refractivity contribution in [3.8, 4) is 5.95 Å². The summed E-state index contributed by atoms with van der Waals surface area (Å²) in [5.41, 5.74) is 2.37. The van der Waals surface area contributed by atoms with E-state index in [0.29, 0.717) is 24.9 Å². The summed E-state index contributed by atoms with van der Waals surface area (Å²) in [6.45, 7) is 2.24. The number of anilines is 2. The van der Waals surface area contributed by atoms with E-state index in [1.807, 2.05) is 6.92 Å². The Morgan fingerprint density at radius 3 is 2.79 bits per heavy atom. The summed E-state index contributed by atoms with van der Waals surface area (Å²) in [4.78, 5) is 12.3. The molecule has 0 bridgehead atoms. The lowest BCUT2D eigenvalue weighted by Gasteiger charge is -2.11. The van der Waals surface area contributed by atoms with Crippen LogP contribution in [0.4, 0.5) is 11.9 Å². The number of nitrogens with zero attached hydrogens (tertiary/aromatic N) is 5. The molecule has 0 amide bonds. The van der Waals surface area contributed by atoms with E-state index in [1.165, 1.54) is 4.68 Å². The Kier molecular flexibility index (Phi) is 4.21. The Hall–Kier alpha value is -2.26. The molecule has 0 aliphatic heterocycles. The van der Waals surface area contributed by atoms with Gasteiger partial charge in [0.15, 0.2) is 0 Å². The van der Waals surface area contributed by atoms with Crippen molar-refractivity contribution < 1.29 is 5.11 Å². The van der Waals surface area contributed by atoms with E-state index in [-0.39, 0.29) is 5.95 Å². The van der Waals surface area contributed by atoms with Crippen LogP contribution in [0.1, 0.15) is 13.3 Å². The molecule has 9 nitrogen and oxygen atoms in total. The van der Waals surface area contributed by atoms with Gasteiger partial charge in [0.1, 0.15) is 0 Å². The molecule has 1 atom stereocenters. The van der Waals surface area contributed by atoms with Crippen LogP contribution in [0.25, 0.3) is 5.95 Å². The summed E-state index contributed by atoms with van der Waals surface area (Å²) in [5, 5.41) is 16.5. The van der Waals surface area contributed by atoms with Gasteiger partial charge >= 0.3 is 0 Å². The molecule has 0 aromatic carbocycles. The number of hydrogen-bond donors (Lipinski definition) is 4. The molecule has 2 aromatic heterocycles. The average molecular weight is 264 g/mol. The van der Waals surface area contributed by atoms with Crippen LogP contribution in [-0.2, 0) is 0 Å². The number of nitrogen functional groups attached to an aromatic ring is 1. The van der Waals surface area contributed by atoms with Gasteiger partial charge in [0.2, 0.25) is 11.9 Å². The van der Waals surface area contributed by atoms with Gasteiger partial charge < -0.3 is 10.4 Å². The summed E-state index contributed by atoms with van der Waals surface area (Å²) < 4.78 is 1.49. The molecular weight excluding hydrogens is 248 g/mol. The zero-order chi connectivity index (χ0) is 13.7. The topological polar surface area (TPSA) is 127 Å². The number of nitrogens with two attached hydrogens (primary N) is 1. The lowest BCUT2D eigenvalue weighted by atomic mass is 10.3. The van der Waals surface area contributed by atoms with Crippen molar-refractivity contribution in [2.24, 2.45) is 5.84 Å². The molecule has 9 heteroatoms. The number of hydrazine groups is 1. The van der Waals surface area contributed by atoms with Crippen molar-refractivity contribution in [2.75, 3.05) is 17.3 Å². The molecule has 0 saturated carbocycles. The molecule has 2 aromatic rings. The fourth-order valence-corrected chi connectivity index (χ4v) is 1.35. The van der Waals surface area contributed by atoms with E-state index in [9.17, 15) is 5.11 Å². The molecule has 0 fully saturated rings. The van der Waals surface area contributed by atoms with Gasteiger partial charge in [-0.05, 0) is 12.5 Å². The Labute approximate surface area is 109 Å². The Morgan fingerprint density at radius 2 is 2.16 bits per heavy atom. The van der Waals surface area contributed by atoms with Crippen molar-refractivity contribution in [3.63, 3.8) is 0 Å². The SMILES string of the molecule is CCC(O)CNc1nc(NN)nc(-n2cccn2)n1. The third-order valence-corrected chi connectivity index (χ3v) is 2.43.